The molecule has 0 bridgehead atoms. The molecule has 1 aromatic carbocycles. The van der Waals surface area contributed by atoms with Gasteiger partial charge in [0.2, 0.25) is 0 Å². The largest absolute Gasteiger partial charge is 0.391 e. The summed E-state index contributed by atoms with van der Waals surface area (Å²) < 4.78 is 27.1. The minimum atomic E-state index is -3.68. The average Bonchev–Trinajstić information content (AvgIpc) is 2.60. The van der Waals surface area contributed by atoms with E-state index in [1.165, 1.54) is 16.6 Å². The first-order valence-electron chi connectivity index (χ1n) is 8.62. The first kappa shape index (κ1) is 20.2. The van der Waals surface area contributed by atoms with Crippen LogP contribution in [-0.4, -0.2) is 37.7 Å². The van der Waals surface area contributed by atoms with Crippen LogP contribution in [0.3, 0.4) is 0 Å². The minimum Gasteiger partial charge on any atom is -0.391 e. The maximum absolute atomic E-state index is 12.9. The lowest BCUT2D eigenvalue weighted by atomic mass is 9.89. The second-order valence-electron chi connectivity index (χ2n) is 7.15. The van der Waals surface area contributed by atoms with Gasteiger partial charge >= 0.3 is 0 Å². The molecule has 6 nitrogen and oxygen atoms in total. The van der Waals surface area contributed by atoms with E-state index in [1.54, 1.807) is 37.3 Å². The Kier molecular flexibility index (Phi) is 6.26. The monoisotopic (exact) mass is 377 g/mol. The van der Waals surface area contributed by atoms with Crippen LogP contribution in [0.25, 0.3) is 0 Å². The molecule has 2 rings (SSSR count). The zero-order chi connectivity index (χ0) is 19.4. The van der Waals surface area contributed by atoms with Crippen molar-refractivity contribution in [2.24, 2.45) is 5.41 Å². The highest BCUT2D eigenvalue weighted by Gasteiger charge is 2.24. The standard InChI is InChI=1S/C19H27N3O3S/c1-5-22(15-9-7-6-8-10-15)26(24,25)16-11-12-18(20-13-16)21-14-17(23)19(2,3)4/h6-13,17,23H,5,14H2,1-4H3,(H,20,21). The first-order chi connectivity index (χ1) is 12.2. The predicted molar refractivity (Wildman–Crippen MR) is 105 cm³/mol. The topological polar surface area (TPSA) is 82.5 Å². The molecule has 1 atom stereocenters. The second kappa shape index (κ2) is 8.05. The van der Waals surface area contributed by atoms with E-state index in [4.69, 9.17) is 0 Å². The van der Waals surface area contributed by atoms with E-state index in [0.29, 0.717) is 24.6 Å². The lowest BCUT2D eigenvalue weighted by molar-refractivity contribution is 0.0745. The summed E-state index contributed by atoms with van der Waals surface area (Å²) in [6.45, 7) is 8.31. The van der Waals surface area contributed by atoms with Gasteiger partial charge in [0, 0.05) is 19.3 Å². The molecule has 1 unspecified atom stereocenters. The second-order valence-corrected chi connectivity index (χ2v) is 9.01. The van der Waals surface area contributed by atoms with Gasteiger partial charge in [-0.05, 0) is 36.6 Å². The third-order valence-electron chi connectivity index (χ3n) is 4.13. The van der Waals surface area contributed by atoms with E-state index in [2.05, 4.69) is 10.3 Å². The van der Waals surface area contributed by atoms with Gasteiger partial charge in [-0.25, -0.2) is 13.4 Å². The van der Waals surface area contributed by atoms with Gasteiger partial charge in [0.05, 0.1) is 11.8 Å². The maximum atomic E-state index is 12.9. The summed E-state index contributed by atoms with van der Waals surface area (Å²) in [5, 5.41) is 13.1. The van der Waals surface area contributed by atoms with E-state index in [9.17, 15) is 13.5 Å². The number of sulfonamides is 1. The van der Waals surface area contributed by atoms with Crippen LogP contribution in [0, 0.1) is 5.41 Å². The molecule has 0 aliphatic heterocycles. The van der Waals surface area contributed by atoms with Crippen LogP contribution < -0.4 is 9.62 Å². The van der Waals surface area contributed by atoms with Crippen LogP contribution in [0.4, 0.5) is 11.5 Å². The Balaban J connectivity index is 2.16. The van der Waals surface area contributed by atoms with Gasteiger partial charge in [-0.1, -0.05) is 39.0 Å². The third-order valence-corrected chi connectivity index (χ3v) is 6.02. The van der Waals surface area contributed by atoms with Crippen molar-refractivity contribution in [3.05, 3.63) is 48.7 Å². The molecule has 2 aromatic rings. The minimum absolute atomic E-state index is 0.130. The van der Waals surface area contributed by atoms with E-state index in [0.717, 1.165) is 0 Å². The number of aliphatic hydroxyl groups excluding tert-OH is 1. The fourth-order valence-electron chi connectivity index (χ4n) is 2.36. The number of para-hydroxylation sites is 1. The summed E-state index contributed by atoms with van der Waals surface area (Å²) in [4.78, 5) is 4.31. The number of hydrogen-bond donors (Lipinski definition) is 2. The summed E-state index contributed by atoms with van der Waals surface area (Å²) in [6, 6.07) is 12.1. The predicted octanol–water partition coefficient (Wildman–Crippen LogP) is 3.12. The molecule has 0 fully saturated rings. The molecule has 0 radical (unpaired) electrons. The normalized spacial score (nSPS) is 13.3. The van der Waals surface area contributed by atoms with Gasteiger partial charge in [0.25, 0.3) is 10.0 Å². The molecule has 2 N–H and O–H groups in total. The summed E-state index contributed by atoms with van der Waals surface area (Å²) in [5.74, 6) is 0.523. The third kappa shape index (κ3) is 4.74. The quantitative estimate of drug-likeness (QED) is 0.775. The molecule has 0 saturated heterocycles. The maximum Gasteiger partial charge on any atom is 0.265 e. The van der Waals surface area contributed by atoms with Gasteiger partial charge in [-0.15, -0.1) is 0 Å². The smallest absolute Gasteiger partial charge is 0.265 e. The van der Waals surface area contributed by atoms with Crippen molar-refractivity contribution in [3.8, 4) is 0 Å². The van der Waals surface area contributed by atoms with E-state index in [-0.39, 0.29) is 10.3 Å². The molecular weight excluding hydrogens is 350 g/mol. The van der Waals surface area contributed by atoms with Gasteiger partial charge in [-0.3, -0.25) is 4.31 Å². The van der Waals surface area contributed by atoms with E-state index >= 15 is 0 Å². The number of nitrogens with zero attached hydrogens (tertiary/aromatic N) is 2. The molecule has 1 heterocycles. The number of hydrogen-bond acceptors (Lipinski definition) is 5. The van der Waals surface area contributed by atoms with Crippen LogP contribution in [0.2, 0.25) is 0 Å². The highest BCUT2D eigenvalue weighted by atomic mass is 32.2. The van der Waals surface area contributed by atoms with E-state index in [1.807, 2.05) is 26.8 Å². The lowest BCUT2D eigenvalue weighted by Gasteiger charge is -2.26. The Hall–Kier alpha value is -2.12. The van der Waals surface area contributed by atoms with Gasteiger partial charge < -0.3 is 10.4 Å². The number of aliphatic hydroxyl groups is 1. The van der Waals surface area contributed by atoms with Crippen molar-refractivity contribution in [1.29, 1.82) is 0 Å². The molecule has 7 heteroatoms. The fourth-order valence-corrected chi connectivity index (χ4v) is 3.78. The molecule has 0 saturated carbocycles. The number of aromatic nitrogens is 1. The number of anilines is 2. The first-order valence-corrected chi connectivity index (χ1v) is 10.1. The van der Waals surface area contributed by atoms with Crippen molar-refractivity contribution in [1.82, 2.24) is 4.98 Å². The summed E-state index contributed by atoms with van der Waals surface area (Å²) >= 11 is 0. The van der Waals surface area contributed by atoms with Crippen LogP contribution in [-0.2, 0) is 10.0 Å². The Morgan fingerprint density at radius 3 is 2.31 bits per heavy atom. The number of nitrogens with one attached hydrogen (secondary N) is 1. The zero-order valence-electron chi connectivity index (χ0n) is 15.7. The Morgan fingerprint density at radius 1 is 1.15 bits per heavy atom. The summed E-state index contributed by atoms with van der Waals surface area (Å²) in [7, 11) is -3.68. The van der Waals surface area contributed by atoms with E-state index < -0.39 is 16.1 Å². The van der Waals surface area contributed by atoms with Crippen molar-refractivity contribution in [2.45, 2.75) is 38.7 Å². The molecule has 1 aromatic heterocycles. The van der Waals surface area contributed by atoms with Crippen LogP contribution in [0.5, 0.6) is 0 Å². The summed E-state index contributed by atoms with van der Waals surface area (Å²) in [5.41, 5.74) is 0.374. The zero-order valence-corrected chi connectivity index (χ0v) is 16.5. The fraction of sp³-hybridized carbons (Fsp3) is 0.421. The van der Waals surface area contributed by atoms with Crippen LogP contribution >= 0.6 is 0 Å². The molecule has 0 aliphatic carbocycles. The van der Waals surface area contributed by atoms with Crippen LogP contribution in [0.1, 0.15) is 27.7 Å². The summed E-state index contributed by atoms with van der Waals surface area (Å²) in [6.07, 6.45) is 0.800. The van der Waals surface area contributed by atoms with Crippen LogP contribution in [0.15, 0.2) is 53.6 Å². The van der Waals surface area contributed by atoms with Crippen molar-refractivity contribution >= 4 is 21.5 Å². The Bertz CT molecular complexity index is 800. The van der Waals surface area contributed by atoms with Crippen molar-refractivity contribution in [3.63, 3.8) is 0 Å². The number of benzene rings is 1. The number of pyridine rings is 1. The SMILES string of the molecule is CCN(c1ccccc1)S(=O)(=O)c1ccc(NCC(O)C(C)(C)C)nc1. The molecule has 26 heavy (non-hydrogen) atoms. The highest BCUT2D eigenvalue weighted by molar-refractivity contribution is 7.92. The van der Waals surface area contributed by atoms with Gasteiger partial charge in [-0.2, -0.15) is 0 Å². The van der Waals surface area contributed by atoms with Gasteiger partial charge in [0.15, 0.2) is 0 Å². The molecule has 142 valence electrons. The van der Waals surface area contributed by atoms with Gasteiger partial charge in [0.1, 0.15) is 10.7 Å². The average molecular weight is 378 g/mol. The Morgan fingerprint density at radius 2 is 1.81 bits per heavy atom. The van der Waals surface area contributed by atoms with Crippen molar-refractivity contribution in [2.75, 3.05) is 22.7 Å². The molecule has 0 amide bonds. The molecule has 0 spiro atoms. The number of rotatable bonds is 7. The molecule has 0 aliphatic rings. The molecular formula is C19H27N3O3S. The van der Waals surface area contributed by atoms with Crippen molar-refractivity contribution < 1.29 is 13.5 Å². The lowest BCUT2D eigenvalue weighted by Crippen LogP contribution is -2.33. The Labute approximate surface area is 155 Å². The highest BCUT2D eigenvalue weighted by Crippen LogP contribution is 2.24.